The van der Waals surface area contributed by atoms with Crippen LogP contribution in [0, 0.1) is 0 Å². The molecule has 0 saturated carbocycles. The average Bonchev–Trinajstić information content (AvgIpc) is 2.53. The summed E-state index contributed by atoms with van der Waals surface area (Å²) in [7, 11) is 1.60. The summed E-state index contributed by atoms with van der Waals surface area (Å²) in [6.45, 7) is 2.37. The van der Waals surface area contributed by atoms with Crippen molar-refractivity contribution >= 4 is 5.78 Å². The van der Waals surface area contributed by atoms with Gasteiger partial charge in [0.25, 0.3) is 0 Å². The number of methoxy groups -OCH3 is 1. The standard InChI is InChI=1S/C17H18O3/c1-3-20-17(14-7-5-4-6-8-14)16(18)13-9-11-15(19-2)12-10-13/h4-12,17H,3H2,1-2H3. The van der Waals surface area contributed by atoms with Gasteiger partial charge in [0.1, 0.15) is 11.9 Å². The SMILES string of the molecule is CCOC(C(=O)c1ccc(OC)cc1)c1ccccc1. The van der Waals surface area contributed by atoms with Crippen LogP contribution in [-0.4, -0.2) is 19.5 Å². The summed E-state index contributed by atoms with van der Waals surface area (Å²) in [6.07, 6.45) is -0.561. The fourth-order valence-corrected chi connectivity index (χ4v) is 2.02. The molecular formula is C17H18O3. The van der Waals surface area contributed by atoms with Crippen molar-refractivity contribution in [3.63, 3.8) is 0 Å². The Morgan fingerprint density at radius 1 is 1.05 bits per heavy atom. The molecule has 1 atom stereocenters. The van der Waals surface area contributed by atoms with E-state index in [9.17, 15) is 4.79 Å². The van der Waals surface area contributed by atoms with E-state index in [1.165, 1.54) is 0 Å². The summed E-state index contributed by atoms with van der Waals surface area (Å²) >= 11 is 0. The summed E-state index contributed by atoms with van der Waals surface area (Å²) in [6, 6.07) is 16.6. The molecule has 3 heteroatoms. The average molecular weight is 270 g/mol. The zero-order valence-corrected chi connectivity index (χ0v) is 11.7. The predicted molar refractivity (Wildman–Crippen MR) is 78.1 cm³/mol. The van der Waals surface area contributed by atoms with Crippen molar-refractivity contribution in [1.82, 2.24) is 0 Å². The number of Topliss-reactive ketones (excluding diaryl/α,β-unsaturated/α-hetero) is 1. The molecule has 3 nitrogen and oxygen atoms in total. The molecule has 2 aromatic rings. The molecule has 0 heterocycles. The van der Waals surface area contributed by atoms with Gasteiger partial charge in [-0.2, -0.15) is 0 Å². The maximum Gasteiger partial charge on any atom is 0.196 e. The molecule has 0 fully saturated rings. The van der Waals surface area contributed by atoms with E-state index in [2.05, 4.69) is 0 Å². The summed E-state index contributed by atoms with van der Waals surface area (Å²) in [5, 5.41) is 0. The number of hydrogen-bond donors (Lipinski definition) is 0. The van der Waals surface area contributed by atoms with Crippen LogP contribution in [0.1, 0.15) is 28.9 Å². The molecule has 0 amide bonds. The van der Waals surface area contributed by atoms with Crippen molar-refractivity contribution in [3.05, 3.63) is 65.7 Å². The highest BCUT2D eigenvalue weighted by atomic mass is 16.5. The lowest BCUT2D eigenvalue weighted by Crippen LogP contribution is -2.16. The summed E-state index contributed by atoms with van der Waals surface area (Å²) in [5.74, 6) is 0.690. The molecule has 0 radical (unpaired) electrons. The van der Waals surface area contributed by atoms with Crippen LogP contribution in [0.5, 0.6) is 5.75 Å². The lowest BCUT2D eigenvalue weighted by Gasteiger charge is -2.16. The van der Waals surface area contributed by atoms with Crippen LogP contribution >= 0.6 is 0 Å². The Bertz CT molecular complexity index is 546. The first-order chi connectivity index (χ1) is 9.76. The van der Waals surface area contributed by atoms with Gasteiger partial charge in [-0.1, -0.05) is 30.3 Å². The third-order valence-electron chi connectivity index (χ3n) is 3.05. The normalized spacial score (nSPS) is 11.9. The highest BCUT2D eigenvalue weighted by Gasteiger charge is 2.22. The van der Waals surface area contributed by atoms with E-state index >= 15 is 0 Å². The molecular weight excluding hydrogens is 252 g/mol. The largest absolute Gasteiger partial charge is 0.497 e. The number of hydrogen-bond acceptors (Lipinski definition) is 3. The molecule has 20 heavy (non-hydrogen) atoms. The minimum Gasteiger partial charge on any atom is -0.497 e. The highest BCUT2D eigenvalue weighted by Crippen LogP contribution is 2.23. The first-order valence-corrected chi connectivity index (χ1v) is 6.61. The Morgan fingerprint density at radius 2 is 1.70 bits per heavy atom. The fraction of sp³-hybridized carbons (Fsp3) is 0.235. The molecule has 0 aliphatic carbocycles. The second kappa shape index (κ2) is 6.87. The van der Waals surface area contributed by atoms with E-state index < -0.39 is 6.10 Å². The number of carbonyl (C=O) groups is 1. The van der Waals surface area contributed by atoms with Crippen LogP contribution < -0.4 is 4.74 Å². The molecule has 0 aliphatic heterocycles. The smallest absolute Gasteiger partial charge is 0.196 e. The summed E-state index contributed by atoms with van der Waals surface area (Å²) in [5.41, 5.74) is 1.49. The minimum absolute atomic E-state index is 0.0410. The molecule has 0 N–H and O–H groups in total. The second-order valence-electron chi connectivity index (χ2n) is 4.34. The fourth-order valence-electron chi connectivity index (χ4n) is 2.02. The maximum atomic E-state index is 12.6. The van der Waals surface area contributed by atoms with E-state index in [-0.39, 0.29) is 5.78 Å². The van der Waals surface area contributed by atoms with Crippen molar-refractivity contribution in [3.8, 4) is 5.75 Å². The zero-order valence-electron chi connectivity index (χ0n) is 11.7. The summed E-state index contributed by atoms with van der Waals surface area (Å²) < 4.78 is 10.7. The van der Waals surface area contributed by atoms with Gasteiger partial charge in [0.05, 0.1) is 7.11 Å². The number of ketones is 1. The van der Waals surface area contributed by atoms with Gasteiger partial charge in [-0.05, 0) is 36.8 Å². The lowest BCUT2D eigenvalue weighted by atomic mass is 10.00. The Kier molecular flexibility index (Phi) is 4.91. The third-order valence-corrected chi connectivity index (χ3v) is 3.05. The minimum atomic E-state index is -0.561. The molecule has 104 valence electrons. The highest BCUT2D eigenvalue weighted by molar-refractivity contribution is 6.00. The monoisotopic (exact) mass is 270 g/mol. The molecule has 0 bridgehead atoms. The number of ether oxygens (including phenoxy) is 2. The molecule has 0 saturated heterocycles. The number of benzene rings is 2. The van der Waals surface area contributed by atoms with Gasteiger partial charge >= 0.3 is 0 Å². The van der Waals surface area contributed by atoms with Crippen LogP contribution in [0.15, 0.2) is 54.6 Å². The van der Waals surface area contributed by atoms with Crippen LogP contribution in [0.4, 0.5) is 0 Å². The quantitative estimate of drug-likeness (QED) is 0.751. The number of carbonyl (C=O) groups excluding carboxylic acids is 1. The van der Waals surface area contributed by atoms with Crippen molar-refractivity contribution in [2.45, 2.75) is 13.0 Å². The van der Waals surface area contributed by atoms with Crippen molar-refractivity contribution in [1.29, 1.82) is 0 Å². The van der Waals surface area contributed by atoms with Gasteiger partial charge in [0.2, 0.25) is 0 Å². The molecule has 0 spiro atoms. The molecule has 1 unspecified atom stereocenters. The van der Waals surface area contributed by atoms with Gasteiger partial charge < -0.3 is 9.47 Å². The van der Waals surface area contributed by atoms with E-state index in [1.807, 2.05) is 37.3 Å². The topological polar surface area (TPSA) is 35.5 Å². The Labute approximate surface area is 119 Å². The second-order valence-corrected chi connectivity index (χ2v) is 4.34. The first-order valence-electron chi connectivity index (χ1n) is 6.61. The maximum absolute atomic E-state index is 12.6. The van der Waals surface area contributed by atoms with Gasteiger partial charge in [0, 0.05) is 12.2 Å². The molecule has 0 aromatic heterocycles. The van der Waals surface area contributed by atoms with E-state index in [4.69, 9.17) is 9.47 Å². The predicted octanol–water partition coefficient (Wildman–Crippen LogP) is 3.66. The molecule has 0 aliphatic rings. The molecule has 2 aromatic carbocycles. The van der Waals surface area contributed by atoms with E-state index in [0.717, 1.165) is 11.3 Å². The van der Waals surface area contributed by atoms with Gasteiger partial charge in [-0.3, -0.25) is 4.79 Å². The van der Waals surface area contributed by atoms with Crippen LogP contribution in [0.3, 0.4) is 0 Å². The third kappa shape index (κ3) is 3.25. The van der Waals surface area contributed by atoms with Crippen LogP contribution in [0.2, 0.25) is 0 Å². The van der Waals surface area contributed by atoms with Gasteiger partial charge in [0.15, 0.2) is 5.78 Å². The zero-order chi connectivity index (χ0) is 14.4. The Hall–Kier alpha value is -2.13. The first kappa shape index (κ1) is 14.3. The van der Waals surface area contributed by atoms with Crippen molar-refractivity contribution in [2.24, 2.45) is 0 Å². The Morgan fingerprint density at radius 3 is 2.25 bits per heavy atom. The lowest BCUT2D eigenvalue weighted by molar-refractivity contribution is 0.0452. The van der Waals surface area contributed by atoms with Gasteiger partial charge in [-0.15, -0.1) is 0 Å². The van der Waals surface area contributed by atoms with Crippen molar-refractivity contribution < 1.29 is 14.3 Å². The van der Waals surface area contributed by atoms with Crippen molar-refractivity contribution in [2.75, 3.05) is 13.7 Å². The van der Waals surface area contributed by atoms with E-state index in [0.29, 0.717) is 12.2 Å². The molecule has 2 rings (SSSR count). The Balaban J connectivity index is 2.26. The van der Waals surface area contributed by atoms with E-state index in [1.54, 1.807) is 31.4 Å². The van der Waals surface area contributed by atoms with Gasteiger partial charge in [-0.25, -0.2) is 0 Å². The number of rotatable bonds is 6. The van der Waals surface area contributed by atoms with Crippen LogP contribution in [-0.2, 0) is 4.74 Å². The summed E-state index contributed by atoms with van der Waals surface area (Å²) in [4.78, 5) is 12.6. The van der Waals surface area contributed by atoms with Crippen LogP contribution in [0.25, 0.3) is 0 Å².